The summed E-state index contributed by atoms with van der Waals surface area (Å²) in [5.74, 6) is 0. The van der Waals surface area contributed by atoms with Crippen LogP contribution >= 0.6 is 0 Å². The van der Waals surface area contributed by atoms with Crippen molar-refractivity contribution in [1.29, 1.82) is 0 Å². The van der Waals surface area contributed by atoms with E-state index in [9.17, 15) is 64.8 Å². The van der Waals surface area contributed by atoms with Crippen LogP contribution in [0.25, 0.3) is 0 Å². The van der Waals surface area contributed by atoms with Crippen LogP contribution in [-0.2, 0) is 42.9 Å². The Bertz CT molecular complexity index is 973. The lowest BCUT2D eigenvalue weighted by molar-refractivity contribution is -0.0886. The lowest BCUT2D eigenvalue weighted by atomic mass is 9.55. The molecule has 0 amide bonds. The van der Waals surface area contributed by atoms with E-state index in [1.165, 1.54) is 0 Å². The van der Waals surface area contributed by atoms with Gasteiger partial charge in [-0.25, -0.2) is 0 Å². The fourth-order valence-corrected chi connectivity index (χ4v) is 6.16. The quantitative estimate of drug-likeness (QED) is 0.217. The Morgan fingerprint density at radius 1 is 0.500 bits per heavy atom. The van der Waals surface area contributed by atoms with Gasteiger partial charge in [0.1, 0.15) is 0 Å². The molecule has 0 aromatic heterocycles. The Balaban J connectivity index is 3.35. The maximum absolute atomic E-state index is 12.6. The molecule has 0 saturated heterocycles. The molecule has 1 saturated carbocycles. The van der Waals surface area contributed by atoms with Crippen molar-refractivity contribution in [2.24, 2.45) is 16.2 Å². The van der Waals surface area contributed by atoms with Crippen molar-refractivity contribution in [3.63, 3.8) is 0 Å². The average Bonchev–Trinajstić information content (AvgIpc) is 2.60. The summed E-state index contributed by atoms with van der Waals surface area (Å²) in [6.07, 6.45) is -1.62. The zero-order chi connectivity index (χ0) is 28.9. The van der Waals surface area contributed by atoms with Gasteiger partial charge >= 0.3 is 46.9 Å². The molecule has 0 N–H and O–H groups in total. The summed E-state index contributed by atoms with van der Waals surface area (Å²) in [7, 11) is -18.5. The van der Waals surface area contributed by atoms with Crippen LogP contribution in [0.5, 0.6) is 0 Å². The molecule has 0 unspecified atom stereocenters. The monoisotopic (exact) mass is 612 g/mol. The summed E-state index contributed by atoms with van der Waals surface area (Å²) in [6.45, 7) is -0.699. The molecule has 0 aromatic carbocycles. The van der Waals surface area contributed by atoms with E-state index < -0.39 is 102 Å². The number of alkyl halides is 9. The Hall–Kier alpha value is -0.900. The summed E-state index contributed by atoms with van der Waals surface area (Å²) in [5.41, 5.74) is -22.9. The van der Waals surface area contributed by atoms with Crippen LogP contribution in [0.1, 0.15) is 40.0 Å². The van der Waals surface area contributed by atoms with Crippen LogP contribution in [0.15, 0.2) is 0 Å². The van der Waals surface area contributed by atoms with Gasteiger partial charge in [0.25, 0.3) is 0 Å². The second-order valence-corrected chi connectivity index (χ2v) is 14.3. The fourth-order valence-electron chi connectivity index (χ4n) is 4.44. The van der Waals surface area contributed by atoms with E-state index in [2.05, 4.69) is 12.5 Å². The van der Waals surface area contributed by atoms with E-state index in [1.54, 1.807) is 0 Å². The normalized spacial score (nSPS) is 29.3. The highest BCUT2D eigenvalue weighted by atomic mass is 32.2. The molecule has 216 valence electrons. The highest BCUT2D eigenvalue weighted by molar-refractivity contribution is 7.88. The van der Waals surface area contributed by atoms with E-state index >= 15 is 0 Å². The van der Waals surface area contributed by atoms with Crippen LogP contribution in [0, 0.1) is 16.2 Å². The summed E-state index contributed by atoms with van der Waals surface area (Å²) in [5, 5.41) is 0. The first kappa shape index (κ1) is 33.1. The number of rotatable bonds is 9. The molecule has 0 heterocycles. The lowest BCUT2D eigenvalue weighted by Crippen LogP contribution is -2.49. The van der Waals surface area contributed by atoms with Crippen molar-refractivity contribution >= 4 is 30.4 Å². The summed E-state index contributed by atoms with van der Waals surface area (Å²) >= 11 is 0. The van der Waals surface area contributed by atoms with Crippen molar-refractivity contribution < 1.29 is 77.3 Å². The molecule has 21 heteroatoms. The van der Waals surface area contributed by atoms with Crippen LogP contribution in [0.4, 0.5) is 39.5 Å². The molecule has 0 atom stereocenters. The van der Waals surface area contributed by atoms with E-state index in [0.717, 1.165) is 20.8 Å². The predicted octanol–water partition coefficient (Wildman–Crippen LogP) is 3.79. The van der Waals surface area contributed by atoms with Gasteiger partial charge in [-0.3, -0.25) is 12.5 Å². The third kappa shape index (κ3) is 8.05. The molecule has 0 aromatic rings. The van der Waals surface area contributed by atoms with Crippen LogP contribution < -0.4 is 0 Å². The van der Waals surface area contributed by atoms with E-state index in [4.69, 9.17) is 0 Å². The van der Waals surface area contributed by atoms with E-state index in [-0.39, 0.29) is 0 Å². The molecule has 1 rings (SSSR count). The molecule has 1 aliphatic rings. The molecule has 1 aliphatic carbocycles. The molecular formula is C15H21F9O9S3. The van der Waals surface area contributed by atoms with Crippen LogP contribution in [0.2, 0.25) is 0 Å². The average molecular weight is 613 g/mol. The van der Waals surface area contributed by atoms with Gasteiger partial charge in [-0.1, -0.05) is 20.8 Å². The third-order valence-electron chi connectivity index (χ3n) is 5.10. The molecule has 36 heavy (non-hydrogen) atoms. The van der Waals surface area contributed by atoms with Crippen molar-refractivity contribution in [3.05, 3.63) is 0 Å². The minimum atomic E-state index is -6.17. The minimum absolute atomic E-state index is 0.539. The summed E-state index contributed by atoms with van der Waals surface area (Å²) < 4.78 is 194. The van der Waals surface area contributed by atoms with Gasteiger partial charge in [0.05, 0.1) is 19.8 Å². The van der Waals surface area contributed by atoms with Gasteiger partial charge in [-0.2, -0.15) is 64.8 Å². The maximum Gasteiger partial charge on any atom is 0.523 e. The van der Waals surface area contributed by atoms with E-state index in [0.29, 0.717) is 0 Å². The van der Waals surface area contributed by atoms with Crippen molar-refractivity contribution in [2.45, 2.75) is 56.6 Å². The fraction of sp³-hybridized carbons (Fsp3) is 1.00. The molecule has 9 nitrogen and oxygen atoms in total. The van der Waals surface area contributed by atoms with Crippen molar-refractivity contribution in [1.82, 2.24) is 0 Å². The highest BCUT2D eigenvalue weighted by Crippen LogP contribution is 2.55. The smallest absolute Gasteiger partial charge is 0.263 e. The zero-order valence-electron chi connectivity index (χ0n) is 18.5. The second kappa shape index (κ2) is 9.69. The Morgan fingerprint density at radius 3 is 0.806 bits per heavy atom. The summed E-state index contributed by atoms with van der Waals surface area (Å²) in [6, 6.07) is 0. The first-order chi connectivity index (χ1) is 15.5. The van der Waals surface area contributed by atoms with Gasteiger partial charge in [0.15, 0.2) is 0 Å². The first-order valence-corrected chi connectivity index (χ1v) is 13.6. The SMILES string of the molecule is CC1(COS(=O)(=O)C(F)(F)F)CC(C)(COS(=O)(=O)C(F)(F)F)CC(C)(COS(=O)(=O)C(F)(F)F)C1. The first-order valence-electron chi connectivity index (χ1n) is 9.36. The molecule has 1 fully saturated rings. The van der Waals surface area contributed by atoms with E-state index in [1.807, 2.05) is 0 Å². The van der Waals surface area contributed by atoms with Gasteiger partial charge in [0.2, 0.25) is 0 Å². The van der Waals surface area contributed by atoms with Crippen LogP contribution in [-0.4, -0.2) is 61.6 Å². The van der Waals surface area contributed by atoms with Crippen molar-refractivity contribution in [3.8, 4) is 0 Å². The zero-order valence-corrected chi connectivity index (χ0v) is 21.0. The second-order valence-electron chi connectivity index (χ2n) is 9.45. The van der Waals surface area contributed by atoms with Crippen LogP contribution in [0.3, 0.4) is 0 Å². The van der Waals surface area contributed by atoms with Gasteiger partial charge < -0.3 is 0 Å². The van der Waals surface area contributed by atoms with Crippen molar-refractivity contribution in [2.75, 3.05) is 19.8 Å². The minimum Gasteiger partial charge on any atom is -0.263 e. The Morgan fingerprint density at radius 2 is 0.667 bits per heavy atom. The molecular weight excluding hydrogens is 591 g/mol. The Labute approximate surface area is 200 Å². The third-order valence-corrected chi connectivity index (χ3v) is 8.08. The van der Waals surface area contributed by atoms with Gasteiger partial charge in [0, 0.05) is 0 Å². The highest BCUT2D eigenvalue weighted by Gasteiger charge is 2.55. The predicted molar refractivity (Wildman–Crippen MR) is 101 cm³/mol. The van der Waals surface area contributed by atoms with Gasteiger partial charge in [-0.15, -0.1) is 0 Å². The molecule has 0 aliphatic heterocycles. The Kier molecular flexibility index (Phi) is 8.92. The lowest BCUT2D eigenvalue weighted by Gasteiger charge is -2.52. The summed E-state index contributed by atoms with van der Waals surface area (Å²) in [4.78, 5) is 0. The number of hydrogen-bond acceptors (Lipinski definition) is 9. The number of halogens is 9. The standard InChI is InChI=1S/C15H21F9O9S3/c1-10(7-31-34(25,26)13(16,17)18)4-11(2,8-32-35(27,28)14(19,20)21)6-12(3,5-10)9-33-36(29,30)15(22,23)24/h4-9H2,1-3H3. The molecule has 0 spiro atoms. The maximum atomic E-state index is 12.6. The van der Waals surface area contributed by atoms with Gasteiger partial charge in [-0.05, 0) is 35.5 Å². The number of hydrogen-bond donors (Lipinski definition) is 0. The molecule has 0 radical (unpaired) electrons. The topological polar surface area (TPSA) is 130 Å². The largest absolute Gasteiger partial charge is 0.523 e. The molecule has 0 bridgehead atoms.